The highest BCUT2D eigenvalue weighted by Crippen LogP contribution is 2.37. The lowest BCUT2D eigenvalue weighted by molar-refractivity contribution is 0.849. The van der Waals surface area contributed by atoms with Gasteiger partial charge in [-0.2, -0.15) is 10.5 Å². The lowest BCUT2D eigenvalue weighted by Gasteiger charge is -2.03. The fourth-order valence-electron chi connectivity index (χ4n) is 4.63. The lowest BCUT2D eigenvalue weighted by Crippen LogP contribution is -1.98. The molecule has 176 valence electrons. The molecule has 0 saturated carbocycles. The summed E-state index contributed by atoms with van der Waals surface area (Å²) in [5, 5.41) is 20.6. The van der Waals surface area contributed by atoms with Crippen LogP contribution in [0, 0.1) is 22.7 Å². The smallest absolute Gasteiger partial charge is 0.101 e. The fourth-order valence-corrected chi connectivity index (χ4v) is 5.70. The van der Waals surface area contributed by atoms with Crippen LogP contribution in [0.4, 0.5) is 0 Å². The Balaban J connectivity index is 1.33. The van der Waals surface area contributed by atoms with Gasteiger partial charge in [0.15, 0.2) is 0 Å². The normalized spacial score (nSPS) is 15.1. The van der Waals surface area contributed by atoms with Crippen LogP contribution in [0.25, 0.3) is 42.8 Å². The quantitative estimate of drug-likeness (QED) is 0.187. The first kappa shape index (κ1) is 22.5. The molecular weight excluding hydrogens is 474 g/mol. The second-order valence-corrected chi connectivity index (χ2v) is 9.96. The van der Waals surface area contributed by atoms with E-state index in [9.17, 15) is 0 Å². The second-order valence-electron chi connectivity index (χ2n) is 8.88. The van der Waals surface area contributed by atoms with Crippen LogP contribution in [0.5, 0.6) is 0 Å². The van der Waals surface area contributed by atoms with Gasteiger partial charge in [0.2, 0.25) is 0 Å². The van der Waals surface area contributed by atoms with Crippen LogP contribution >= 0.6 is 11.3 Å². The number of aromatic nitrogens is 2. The van der Waals surface area contributed by atoms with Crippen LogP contribution in [-0.2, 0) is 0 Å². The maximum Gasteiger partial charge on any atom is 0.101 e. The monoisotopic (exact) mass is 495 g/mol. The van der Waals surface area contributed by atoms with Gasteiger partial charge in [0.1, 0.15) is 6.07 Å². The number of fused-ring (bicyclic) bond motifs is 3. The van der Waals surface area contributed by atoms with Gasteiger partial charge in [-0.15, -0.1) is 11.3 Å². The minimum atomic E-state index is 0.0332. The Bertz CT molecular complexity index is 1860. The zero-order chi connectivity index (χ0) is 25.4. The number of benzene rings is 2. The van der Waals surface area contributed by atoms with Crippen molar-refractivity contribution in [2.75, 3.05) is 0 Å². The first-order valence-corrected chi connectivity index (χ1v) is 12.7. The van der Waals surface area contributed by atoms with Crippen molar-refractivity contribution in [3.05, 3.63) is 108 Å². The largest absolute Gasteiger partial charge is 0.359 e. The Hall–Kier alpha value is -4.91. The molecule has 6 heteroatoms. The molecule has 4 heterocycles. The van der Waals surface area contributed by atoms with E-state index < -0.39 is 0 Å². The number of hydrogen-bond acceptors (Lipinski definition) is 4. The number of allylic oxidation sites excluding steroid dienone is 3. The predicted molar refractivity (Wildman–Crippen MR) is 152 cm³/mol. The van der Waals surface area contributed by atoms with Gasteiger partial charge in [0, 0.05) is 43.2 Å². The van der Waals surface area contributed by atoms with Crippen molar-refractivity contribution in [3.8, 4) is 34.8 Å². The van der Waals surface area contributed by atoms with E-state index in [1.807, 2.05) is 18.2 Å². The third kappa shape index (κ3) is 4.21. The molecule has 2 N–H and O–H groups in total. The Morgan fingerprint density at radius 1 is 0.973 bits per heavy atom. The Kier molecular flexibility index (Phi) is 5.65. The number of nitrogens with zero attached hydrogens (tertiary/aromatic N) is 3. The van der Waals surface area contributed by atoms with Gasteiger partial charge in [-0.05, 0) is 60.5 Å². The summed E-state index contributed by atoms with van der Waals surface area (Å²) in [6.45, 7) is 3.68. The molecule has 0 fully saturated rings. The predicted octanol–water partition coefficient (Wildman–Crippen LogP) is 7.67. The van der Waals surface area contributed by atoms with Crippen molar-refractivity contribution < 1.29 is 0 Å². The Labute approximate surface area is 218 Å². The summed E-state index contributed by atoms with van der Waals surface area (Å²) in [5.41, 5.74) is 7.21. The van der Waals surface area contributed by atoms with Crippen LogP contribution in [0.2, 0.25) is 0 Å². The molecular formula is C31H21N5S. The molecule has 1 unspecified atom stereocenters. The highest BCUT2D eigenvalue weighted by Gasteiger charge is 2.15. The highest BCUT2D eigenvalue weighted by atomic mass is 32.1. The van der Waals surface area contributed by atoms with E-state index in [1.54, 1.807) is 23.6 Å². The molecule has 1 aliphatic rings. The van der Waals surface area contributed by atoms with Crippen LogP contribution in [0.1, 0.15) is 17.5 Å². The molecule has 1 aliphatic heterocycles. The van der Waals surface area contributed by atoms with E-state index in [0.717, 1.165) is 33.9 Å². The molecule has 5 aromatic rings. The van der Waals surface area contributed by atoms with Gasteiger partial charge in [-0.25, -0.2) is 0 Å². The maximum absolute atomic E-state index is 9.11. The molecule has 0 aliphatic carbocycles. The first-order valence-electron chi connectivity index (χ1n) is 11.9. The molecule has 37 heavy (non-hydrogen) atoms. The van der Waals surface area contributed by atoms with Gasteiger partial charge < -0.3 is 9.97 Å². The van der Waals surface area contributed by atoms with Crippen LogP contribution in [-0.4, -0.2) is 21.7 Å². The molecule has 0 amide bonds. The Morgan fingerprint density at radius 3 is 2.46 bits per heavy atom. The molecule has 5 nitrogen and oxygen atoms in total. The Morgan fingerprint density at radius 2 is 1.73 bits per heavy atom. The van der Waals surface area contributed by atoms with Gasteiger partial charge in [-0.1, -0.05) is 36.9 Å². The molecule has 0 radical (unpaired) electrons. The zero-order valence-electron chi connectivity index (χ0n) is 19.8. The number of rotatable bonds is 6. The summed E-state index contributed by atoms with van der Waals surface area (Å²) in [5.74, 6) is 0. The van der Waals surface area contributed by atoms with Gasteiger partial charge >= 0.3 is 0 Å². The fraction of sp³-hybridized carbons (Fsp3) is 0.0645. The number of aromatic amines is 2. The number of H-pyrrole nitrogens is 2. The summed E-state index contributed by atoms with van der Waals surface area (Å²) in [6, 6.07) is 23.4. The average Bonchev–Trinajstić information content (AvgIpc) is 3.73. The number of hydrogen-bond donors (Lipinski definition) is 2. The van der Waals surface area contributed by atoms with Gasteiger partial charge in [0.05, 0.1) is 34.8 Å². The first-order chi connectivity index (χ1) is 18.1. The van der Waals surface area contributed by atoms with E-state index in [4.69, 9.17) is 15.5 Å². The summed E-state index contributed by atoms with van der Waals surface area (Å²) in [4.78, 5) is 11.5. The van der Waals surface area contributed by atoms with Crippen molar-refractivity contribution in [1.82, 2.24) is 9.97 Å². The molecule has 3 aromatic heterocycles. The number of aliphatic imine (C=N–C) groups is 1. The van der Waals surface area contributed by atoms with E-state index in [2.05, 4.69) is 83.3 Å². The summed E-state index contributed by atoms with van der Waals surface area (Å²) in [6.07, 6.45) is 10.0. The minimum Gasteiger partial charge on any atom is -0.359 e. The van der Waals surface area contributed by atoms with E-state index in [-0.39, 0.29) is 6.04 Å². The lowest BCUT2D eigenvalue weighted by atomic mass is 10.0. The highest BCUT2D eigenvalue weighted by molar-refractivity contribution is 7.25. The molecule has 1 atom stereocenters. The number of thiophene rings is 1. The zero-order valence-corrected chi connectivity index (χ0v) is 20.6. The summed E-state index contributed by atoms with van der Waals surface area (Å²) < 4.78 is 2.48. The standard InChI is InChI=1S/C31H21N5S/c1-2-19(16-32)3-6-23-7-8-26(35-23)21-4-11-30-24(14-21)25-15-22(5-12-31(25)37-30)27-9-10-28(36-27)29-13-20(17-33)18-34-29/h2-5,7-15,18,23,34,36H,1,6H2/b19-3+. The van der Waals surface area contributed by atoms with Gasteiger partial charge in [0.25, 0.3) is 0 Å². The van der Waals surface area contributed by atoms with Gasteiger partial charge in [-0.3, -0.25) is 4.99 Å². The van der Waals surface area contributed by atoms with Crippen LogP contribution in [0.3, 0.4) is 0 Å². The second kappa shape index (κ2) is 9.28. The van der Waals surface area contributed by atoms with E-state index in [0.29, 0.717) is 17.6 Å². The maximum atomic E-state index is 9.11. The number of nitrogens with one attached hydrogen (secondary N) is 2. The molecule has 0 spiro atoms. The van der Waals surface area contributed by atoms with Crippen molar-refractivity contribution >= 4 is 37.2 Å². The average molecular weight is 496 g/mol. The van der Waals surface area contributed by atoms with Crippen LogP contribution < -0.4 is 0 Å². The van der Waals surface area contributed by atoms with E-state index in [1.165, 1.54) is 20.2 Å². The molecule has 2 aromatic carbocycles. The summed E-state index contributed by atoms with van der Waals surface area (Å²) >= 11 is 1.79. The van der Waals surface area contributed by atoms with Crippen molar-refractivity contribution in [2.45, 2.75) is 12.5 Å². The van der Waals surface area contributed by atoms with Crippen LogP contribution in [0.15, 0.2) is 102 Å². The molecule has 6 rings (SSSR count). The third-order valence-electron chi connectivity index (χ3n) is 6.57. The molecule has 0 bridgehead atoms. The minimum absolute atomic E-state index is 0.0332. The summed E-state index contributed by atoms with van der Waals surface area (Å²) in [7, 11) is 0. The third-order valence-corrected chi connectivity index (χ3v) is 7.73. The topological polar surface area (TPSA) is 91.5 Å². The van der Waals surface area contributed by atoms with Crippen molar-refractivity contribution in [3.63, 3.8) is 0 Å². The SMILES string of the molecule is C=C/C(C#N)=C\CC1C=CC(c2ccc3sc4ccc(-c5ccc(-c6cc(C#N)c[nH]6)[nH]5)cc4c3c2)=N1. The van der Waals surface area contributed by atoms with E-state index >= 15 is 0 Å². The molecule has 0 saturated heterocycles. The number of nitriles is 2. The van der Waals surface area contributed by atoms with Crippen molar-refractivity contribution in [1.29, 1.82) is 10.5 Å². The van der Waals surface area contributed by atoms with Crippen molar-refractivity contribution in [2.24, 2.45) is 4.99 Å².